The quantitative estimate of drug-likeness (QED) is 0.888. The van der Waals surface area contributed by atoms with Gasteiger partial charge in [0.1, 0.15) is 11.9 Å². The van der Waals surface area contributed by atoms with Gasteiger partial charge in [0.05, 0.1) is 23.8 Å². The second-order valence-corrected chi connectivity index (χ2v) is 5.96. The zero-order valence-electron chi connectivity index (χ0n) is 13.5. The van der Waals surface area contributed by atoms with Crippen molar-refractivity contribution in [3.05, 3.63) is 22.8 Å². The van der Waals surface area contributed by atoms with Gasteiger partial charge in [-0.3, -0.25) is 9.59 Å². The maximum atomic E-state index is 12.4. The van der Waals surface area contributed by atoms with Crippen molar-refractivity contribution in [3.63, 3.8) is 0 Å². The van der Waals surface area contributed by atoms with Crippen molar-refractivity contribution in [3.8, 4) is 0 Å². The van der Waals surface area contributed by atoms with E-state index in [1.54, 1.807) is 32.0 Å². The molecule has 0 aliphatic carbocycles. The fourth-order valence-corrected chi connectivity index (χ4v) is 2.49. The maximum Gasteiger partial charge on any atom is 0.255 e. The highest BCUT2D eigenvalue weighted by Crippen LogP contribution is 2.22. The number of hydrogen-bond acceptors (Lipinski definition) is 5. The van der Waals surface area contributed by atoms with E-state index in [0.29, 0.717) is 42.7 Å². The van der Waals surface area contributed by atoms with E-state index in [0.717, 1.165) is 0 Å². The lowest BCUT2D eigenvalue weighted by molar-refractivity contribution is -0.129. The number of hydrogen-bond donors (Lipinski definition) is 1. The van der Waals surface area contributed by atoms with Gasteiger partial charge in [-0.25, -0.2) is 4.98 Å². The van der Waals surface area contributed by atoms with Crippen LogP contribution in [-0.2, 0) is 9.53 Å². The second-order valence-electron chi connectivity index (χ2n) is 5.56. The summed E-state index contributed by atoms with van der Waals surface area (Å²) in [6.07, 6.45) is 1.47. The Morgan fingerprint density at radius 2 is 2.04 bits per heavy atom. The summed E-state index contributed by atoms with van der Waals surface area (Å²) in [4.78, 5) is 31.6. The molecule has 2 rings (SSSR count). The molecule has 7 nitrogen and oxygen atoms in total. The Hall–Kier alpha value is -1.86. The second kappa shape index (κ2) is 7.61. The van der Waals surface area contributed by atoms with Crippen LogP contribution in [0.5, 0.6) is 0 Å². The van der Waals surface area contributed by atoms with Gasteiger partial charge in [0.15, 0.2) is 0 Å². The van der Waals surface area contributed by atoms with Crippen LogP contribution in [-0.4, -0.2) is 73.0 Å². The molecule has 0 unspecified atom stereocenters. The third kappa shape index (κ3) is 4.33. The Kier molecular flexibility index (Phi) is 5.79. The maximum absolute atomic E-state index is 12.4. The Morgan fingerprint density at radius 3 is 2.61 bits per heavy atom. The molecule has 0 bridgehead atoms. The third-order valence-electron chi connectivity index (χ3n) is 3.55. The minimum absolute atomic E-state index is 0.0867. The van der Waals surface area contributed by atoms with Gasteiger partial charge in [-0.1, -0.05) is 11.6 Å². The Balaban J connectivity index is 2.08. The first-order valence-corrected chi connectivity index (χ1v) is 7.78. The molecular weight excluding hydrogens is 320 g/mol. The fraction of sp³-hybridized carbons (Fsp3) is 0.533. The highest BCUT2D eigenvalue weighted by molar-refractivity contribution is 6.33. The fourth-order valence-electron chi connectivity index (χ4n) is 2.26. The SMILES string of the molecule is C[C@H](Nc1ncc(C(=O)N2CCOCC2)cc1Cl)C(=O)N(C)C. The first kappa shape index (κ1) is 17.5. The molecule has 1 aliphatic rings. The minimum Gasteiger partial charge on any atom is -0.378 e. The summed E-state index contributed by atoms with van der Waals surface area (Å²) in [5, 5.41) is 3.27. The Morgan fingerprint density at radius 1 is 1.39 bits per heavy atom. The lowest BCUT2D eigenvalue weighted by atomic mass is 10.2. The van der Waals surface area contributed by atoms with Crippen LogP contribution in [0.25, 0.3) is 0 Å². The number of nitrogens with zero attached hydrogens (tertiary/aromatic N) is 3. The average Bonchev–Trinajstić information content (AvgIpc) is 2.55. The molecule has 1 aliphatic heterocycles. The third-order valence-corrected chi connectivity index (χ3v) is 3.84. The number of morpholine rings is 1. The molecule has 1 atom stereocenters. The van der Waals surface area contributed by atoms with Crippen molar-refractivity contribution in [2.24, 2.45) is 0 Å². The molecule has 2 amide bonds. The lowest BCUT2D eigenvalue weighted by Gasteiger charge is -2.27. The molecule has 0 radical (unpaired) electrons. The number of halogens is 1. The van der Waals surface area contributed by atoms with Crippen molar-refractivity contribution in [2.75, 3.05) is 45.7 Å². The van der Waals surface area contributed by atoms with E-state index in [1.807, 2.05) is 0 Å². The van der Waals surface area contributed by atoms with Gasteiger partial charge in [-0.15, -0.1) is 0 Å². The smallest absolute Gasteiger partial charge is 0.255 e. The van der Waals surface area contributed by atoms with E-state index in [1.165, 1.54) is 11.1 Å². The van der Waals surface area contributed by atoms with Gasteiger partial charge < -0.3 is 19.9 Å². The summed E-state index contributed by atoms with van der Waals surface area (Å²) < 4.78 is 5.23. The standard InChI is InChI=1S/C15H21ClN4O3/c1-10(14(21)19(2)3)18-13-12(16)8-11(9-17-13)15(22)20-4-6-23-7-5-20/h8-10H,4-7H2,1-3H3,(H,17,18)/t10-/m0/s1. The number of pyridine rings is 1. The number of carbonyl (C=O) groups is 2. The normalized spacial score (nSPS) is 15.9. The number of rotatable bonds is 4. The van der Waals surface area contributed by atoms with Gasteiger partial charge in [0.25, 0.3) is 5.91 Å². The minimum atomic E-state index is -0.462. The molecule has 2 heterocycles. The van der Waals surface area contributed by atoms with Gasteiger partial charge in [0, 0.05) is 33.4 Å². The van der Waals surface area contributed by atoms with Crippen molar-refractivity contribution >= 4 is 29.2 Å². The lowest BCUT2D eigenvalue weighted by Crippen LogP contribution is -2.40. The van der Waals surface area contributed by atoms with Crippen molar-refractivity contribution < 1.29 is 14.3 Å². The molecule has 126 valence electrons. The van der Waals surface area contributed by atoms with E-state index in [2.05, 4.69) is 10.3 Å². The van der Waals surface area contributed by atoms with Gasteiger partial charge in [-0.2, -0.15) is 0 Å². The monoisotopic (exact) mass is 340 g/mol. The average molecular weight is 341 g/mol. The van der Waals surface area contributed by atoms with Crippen molar-refractivity contribution in [1.29, 1.82) is 0 Å². The molecule has 0 saturated carbocycles. The van der Waals surface area contributed by atoms with Gasteiger partial charge in [0.2, 0.25) is 5.91 Å². The summed E-state index contributed by atoms with van der Waals surface area (Å²) >= 11 is 6.20. The molecule has 23 heavy (non-hydrogen) atoms. The molecule has 0 spiro atoms. The molecule has 8 heteroatoms. The molecule has 1 aromatic rings. The number of carbonyl (C=O) groups excluding carboxylic acids is 2. The largest absolute Gasteiger partial charge is 0.378 e. The number of nitrogens with one attached hydrogen (secondary N) is 1. The summed E-state index contributed by atoms with van der Waals surface area (Å²) in [6.45, 7) is 3.93. The highest BCUT2D eigenvalue weighted by Gasteiger charge is 2.21. The van der Waals surface area contributed by atoms with Crippen LogP contribution in [0, 0.1) is 0 Å². The zero-order chi connectivity index (χ0) is 17.0. The molecule has 1 saturated heterocycles. The van der Waals surface area contributed by atoms with E-state index < -0.39 is 6.04 Å². The molecule has 1 aromatic heterocycles. The summed E-state index contributed by atoms with van der Waals surface area (Å²) in [7, 11) is 3.36. The van der Waals surface area contributed by atoms with Crippen LogP contribution >= 0.6 is 11.6 Å². The molecule has 1 fully saturated rings. The zero-order valence-corrected chi connectivity index (χ0v) is 14.3. The summed E-state index contributed by atoms with van der Waals surface area (Å²) in [5.41, 5.74) is 0.425. The predicted octanol–water partition coefficient (Wildman–Crippen LogP) is 1.10. The van der Waals surface area contributed by atoms with Crippen LogP contribution in [0.1, 0.15) is 17.3 Å². The topological polar surface area (TPSA) is 74.8 Å². The molecule has 0 aromatic carbocycles. The van der Waals surface area contributed by atoms with E-state index in [9.17, 15) is 9.59 Å². The van der Waals surface area contributed by atoms with Crippen LogP contribution in [0.2, 0.25) is 5.02 Å². The first-order chi connectivity index (χ1) is 10.9. The van der Waals surface area contributed by atoms with Crippen LogP contribution in [0.15, 0.2) is 12.3 Å². The Bertz CT molecular complexity index is 588. The van der Waals surface area contributed by atoms with E-state index >= 15 is 0 Å². The number of aromatic nitrogens is 1. The summed E-state index contributed by atoms with van der Waals surface area (Å²) in [6, 6.07) is 1.11. The number of likely N-dealkylation sites (N-methyl/N-ethyl adjacent to an activating group) is 1. The first-order valence-electron chi connectivity index (χ1n) is 7.40. The van der Waals surface area contributed by atoms with Crippen molar-refractivity contribution in [2.45, 2.75) is 13.0 Å². The number of amides is 2. The van der Waals surface area contributed by atoms with E-state index in [-0.39, 0.29) is 11.8 Å². The van der Waals surface area contributed by atoms with Crippen molar-refractivity contribution in [1.82, 2.24) is 14.8 Å². The molecular formula is C15H21ClN4O3. The Labute approximate surface area is 140 Å². The summed E-state index contributed by atoms with van der Waals surface area (Å²) in [5.74, 6) is 0.177. The highest BCUT2D eigenvalue weighted by atomic mass is 35.5. The molecule has 1 N–H and O–H groups in total. The van der Waals surface area contributed by atoms with Crippen LogP contribution in [0.4, 0.5) is 5.82 Å². The van der Waals surface area contributed by atoms with Gasteiger partial charge in [-0.05, 0) is 13.0 Å². The number of ether oxygens (including phenoxy) is 1. The van der Waals surface area contributed by atoms with E-state index in [4.69, 9.17) is 16.3 Å². The number of anilines is 1. The predicted molar refractivity (Wildman–Crippen MR) is 87.7 cm³/mol. The van der Waals surface area contributed by atoms with Crippen LogP contribution in [0.3, 0.4) is 0 Å². The van der Waals surface area contributed by atoms with Gasteiger partial charge >= 0.3 is 0 Å². The van der Waals surface area contributed by atoms with Crippen LogP contribution < -0.4 is 5.32 Å².